The van der Waals surface area contributed by atoms with Crippen molar-refractivity contribution in [2.75, 3.05) is 5.88 Å². The number of halogens is 4. The summed E-state index contributed by atoms with van der Waals surface area (Å²) in [6, 6.07) is 10.9. The van der Waals surface area contributed by atoms with Gasteiger partial charge in [0, 0.05) is 11.8 Å². The topological polar surface area (TPSA) is 0 Å². The maximum atomic E-state index is 13.2. The second-order valence-electron chi connectivity index (χ2n) is 4.36. The summed E-state index contributed by atoms with van der Waals surface area (Å²) in [6.45, 7) is 0. The van der Waals surface area contributed by atoms with Gasteiger partial charge in [-0.25, -0.2) is 8.78 Å². The van der Waals surface area contributed by atoms with Crippen molar-refractivity contribution in [3.8, 4) is 0 Å². The van der Waals surface area contributed by atoms with Crippen LogP contribution < -0.4 is 0 Å². The van der Waals surface area contributed by atoms with E-state index in [9.17, 15) is 8.78 Å². The first-order chi connectivity index (χ1) is 9.10. The minimum absolute atomic E-state index is 0.0288. The predicted octanol–water partition coefficient (Wildman–Crippen LogP) is 5.18. The third-order valence-electron chi connectivity index (χ3n) is 2.97. The second kappa shape index (κ2) is 6.36. The average Bonchev–Trinajstić information content (AvgIpc) is 2.40. The molecule has 0 aliphatic heterocycles. The van der Waals surface area contributed by atoms with E-state index in [2.05, 4.69) is 0 Å². The third kappa shape index (κ3) is 3.68. The molecule has 0 spiro atoms. The molecule has 1 atom stereocenters. The quantitative estimate of drug-likeness (QED) is 0.682. The Kier molecular flexibility index (Phi) is 4.78. The summed E-state index contributed by atoms with van der Waals surface area (Å²) in [5.74, 6) is -0.402. The first-order valence-corrected chi connectivity index (χ1v) is 6.76. The molecule has 0 fully saturated rings. The largest absolute Gasteiger partial charge is 0.207 e. The van der Waals surface area contributed by atoms with Gasteiger partial charge in [0.05, 0.1) is 5.02 Å². The van der Waals surface area contributed by atoms with Crippen molar-refractivity contribution >= 4 is 23.2 Å². The number of alkyl halides is 1. The standard InChI is InChI=1S/C15H12Cl2F2/c16-9-12(11-2-1-3-13(18)8-11)6-10-4-5-15(19)14(17)7-10/h1-5,7-8,12H,6,9H2. The van der Waals surface area contributed by atoms with Gasteiger partial charge in [0.1, 0.15) is 11.6 Å². The molecule has 2 rings (SSSR count). The molecule has 0 nitrogen and oxygen atoms in total. The first kappa shape index (κ1) is 14.3. The fourth-order valence-electron chi connectivity index (χ4n) is 1.97. The van der Waals surface area contributed by atoms with E-state index < -0.39 is 5.82 Å². The molecule has 0 radical (unpaired) electrons. The molecule has 2 aromatic rings. The molecule has 0 aromatic heterocycles. The molecule has 0 saturated heterocycles. The molecule has 4 heteroatoms. The van der Waals surface area contributed by atoms with Gasteiger partial charge in [-0.15, -0.1) is 11.6 Å². The van der Waals surface area contributed by atoms with Crippen molar-refractivity contribution in [1.29, 1.82) is 0 Å². The van der Waals surface area contributed by atoms with E-state index in [-0.39, 0.29) is 16.8 Å². The highest BCUT2D eigenvalue weighted by Crippen LogP contribution is 2.25. The Labute approximate surface area is 121 Å². The van der Waals surface area contributed by atoms with Gasteiger partial charge in [0.2, 0.25) is 0 Å². The van der Waals surface area contributed by atoms with Crippen molar-refractivity contribution in [2.45, 2.75) is 12.3 Å². The highest BCUT2D eigenvalue weighted by molar-refractivity contribution is 6.30. The minimum Gasteiger partial charge on any atom is -0.207 e. The van der Waals surface area contributed by atoms with Crippen molar-refractivity contribution < 1.29 is 8.78 Å². The average molecular weight is 301 g/mol. The lowest BCUT2D eigenvalue weighted by molar-refractivity contribution is 0.620. The molecule has 0 bridgehead atoms. The number of rotatable bonds is 4. The molecular formula is C15H12Cl2F2. The van der Waals surface area contributed by atoms with Crippen LogP contribution in [0.1, 0.15) is 17.0 Å². The monoisotopic (exact) mass is 300 g/mol. The molecule has 0 saturated carbocycles. The summed E-state index contributed by atoms with van der Waals surface area (Å²) in [4.78, 5) is 0. The Balaban J connectivity index is 2.21. The molecule has 0 N–H and O–H groups in total. The summed E-state index contributed by atoms with van der Waals surface area (Å²) in [5, 5.41) is 0.0880. The molecule has 100 valence electrons. The Morgan fingerprint density at radius 1 is 1.05 bits per heavy atom. The SMILES string of the molecule is Fc1cccc(C(CCl)Cc2ccc(F)c(Cl)c2)c1. The van der Waals surface area contributed by atoms with Gasteiger partial charge in [-0.1, -0.05) is 29.8 Å². The minimum atomic E-state index is -0.446. The van der Waals surface area contributed by atoms with Gasteiger partial charge >= 0.3 is 0 Å². The third-order valence-corrected chi connectivity index (χ3v) is 3.63. The van der Waals surface area contributed by atoms with Crippen LogP contribution >= 0.6 is 23.2 Å². The molecule has 19 heavy (non-hydrogen) atoms. The number of hydrogen-bond acceptors (Lipinski definition) is 0. The molecule has 0 heterocycles. The van der Waals surface area contributed by atoms with Crippen LogP contribution in [0.2, 0.25) is 5.02 Å². The van der Waals surface area contributed by atoms with Gasteiger partial charge in [-0.3, -0.25) is 0 Å². The van der Waals surface area contributed by atoms with Crippen molar-refractivity contribution in [1.82, 2.24) is 0 Å². The highest BCUT2D eigenvalue weighted by atomic mass is 35.5. The zero-order valence-electron chi connectivity index (χ0n) is 10.0. The van der Waals surface area contributed by atoms with Crippen LogP contribution in [0.25, 0.3) is 0 Å². The van der Waals surface area contributed by atoms with Gasteiger partial charge < -0.3 is 0 Å². The predicted molar refractivity (Wildman–Crippen MR) is 75.0 cm³/mol. The maximum Gasteiger partial charge on any atom is 0.141 e. The lowest BCUT2D eigenvalue weighted by atomic mass is 9.93. The van der Waals surface area contributed by atoms with Crippen LogP contribution in [0.4, 0.5) is 8.78 Å². The van der Waals surface area contributed by atoms with Crippen molar-refractivity contribution in [3.63, 3.8) is 0 Å². The van der Waals surface area contributed by atoms with E-state index in [4.69, 9.17) is 23.2 Å². The normalized spacial score (nSPS) is 12.4. The van der Waals surface area contributed by atoms with E-state index in [1.807, 2.05) is 6.07 Å². The zero-order chi connectivity index (χ0) is 13.8. The van der Waals surface area contributed by atoms with E-state index >= 15 is 0 Å². The van der Waals surface area contributed by atoms with Crippen molar-refractivity contribution in [2.24, 2.45) is 0 Å². The van der Waals surface area contributed by atoms with Gasteiger partial charge in [-0.05, 0) is 41.8 Å². The number of hydrogen-bond donors (Lipinski definition) is 0. The summed E-state index contributed by atoms with van der Waals surface area (Å²) < 4.78 is 26.3. The zero-order valence-corrected chi connectivity index (χ0v) is 11.6. The fraction of sp³-hybridized carbons (Fsp3) is 0.200. The highest BCUT2D eigenvalue weighted by Gasteiger charge is 2.13. The fourth-order valence-corrected chi connectivity index (χ4v) is 2.46. The summed E-state index contributed by atoms with van der Waals surface area (Å²) >= 11 is 11.7. The lowest BCUT2D eigenvalue weighted by Gasteiger charge is -2.15. The first-order valence-electron chi connectivity index (χ1n) is 5.85. The van der Waals surface area contributed by atoms with Gasteiger partial charge in [0.25, 0.3) is 0 Å². The van der Waals surface area contributed by atoms with Crippen LogP contribution in [0.15, 0.2) is 42.5 Å². The summed E-state index contributed by atoms with van der Waals surface area (Å²) in [7, 11) is 0. The van der Waals surface area contributed by atoms with Crippen LogP contribution in [0.5, 0.6) is 0 Å². The van der Waals surface area contributed by atoms with Crippen LogP contribution in [0.3, 0.4) is 0 Å². The van der Waals surface area contributed by atoms with E-state index in [1.54, 1.807) is 18.2 Å². The number of benzene rings is 2. The molecular weight excluding hydrogens is 289 g/mol. The molecule has 0 aliphatic rings. The smallest absolute Gasteiger partial charge is 0.141 e. The molecule has 2 aromatic carbocycles. The Hall–Kier alpha value is -1.12. The second-order valence-corrected chi connectivity index (χ2v) is 5.07. The summed E-state index contributed by atoms with van der Waals surface area (Å²) in [6.07, 6.45) is 0.590. The summed E-state index contributed by atoms with van der Waals surface area (Å²) in [5.41, 5.74) is 1.71. The van der Waals surface area contributed by atoms with Gasteiger partial charge in [0.15, 0.2) is 0 Å². The van der Waals surface area contributed by atoms with Crippen LogP contribution in [-0.2, 0) is 6.42 Å². The van der Waals surface area contributed by atoms with Crippen LogP contribution in [-0.4, -0.2) is 5.88 Å². The van der Waals surface area contributed by atoms with E-state index in [0.717, 1.165) is 11.1 Å². The lowest BCUT2D eigenvalue weighted by Crippen LogP contribution is -2.05. The van der Waals surface area contributed by atoms with Gasteiger partial charge in [-0.2, -0.15) is 0 Å². The Morgan fingerprint density at radius 3 is 2.47 bits per heavy atom. The van der Waals surface area contributed by atoms with E-state index in [0.29, 0.717) is 12.3 Å². The molecule has 1 unspecified atom stereocenters. The molecule has 0 amide bonds. The maximum absolute atomic E-state index is 13.2. The Bertz CT molecular complexity index is 570. The van der Waals surface area contributed by atoms with Crippen molar-refractivity contribution in [3.05, 3.63) is 70.2 Å². The Morgan fingerprint density at radius 2 is 1.84 bits per heavy atom. The van der Waals surface area contributed by atoms with Crippen LogP contribution in [0, 0.1) is 11.6 Å². The van der Waals surface area contributed by atoms with E-state index in [1.165, 1.54) is 18.2 Å². The molecule has 0 aliphatic carbocycles.